The van der Waals surface area contributed by atoms with Gasteiger partial charge in [0, 0.05) is 58.1 Å². The molecule has 0 atom stereocenters. The zero-order valence-electron chi connectivity index (χ0n) is 16.3. The Morgan fingerprint density at radius 3 is 2.48 bits per heavy atom. The van der Waals surface area contributed by atoms with Crippen LogP contribution in [0.15, 0.2) is 52.1 Å². The van der Waals surface area contributed by atoms with E-state index in [2.05, 4.69) is 63.3 Å². The van der Waals surface area contributed by atoms with Crippen molar-refractivity contribution in [2.24, 2.45) is 4.99 Å². The number of aliphatic imine (C=N–C) groups is 1. The Bertz CT molecular complexity index is 772. The van der Waals surface area contributed by atoms with Gasteiger partial charge in [0.2, 0.25) is 0 Å². The summed E-state index contributed by atoms with van der Waals surface area (Å²) >= 11 is 1.39. The first-order valence-corrected chi connectivity index (χ1v) is 9.96. The predicted molar refractivity (Wildman–Crippen MR) is 117 cm³/mol. The summed E-state index contributed by atoms with van der Waals surface area (Å²) in [6.07, 6.45) is 0. The van der Waals surface area contributed by atoms with Crippen molar-refractivity contribution < 1.29 is 0 Å². The molecule has 0 saturated carbocycles. The topological polar surface area (TPSA) is 66.8 Å². The monoisotopic (exact) mass is 384 g/mol. The molecule has 0 aromatic heterocycles. The lowest BCUT2D eigenvalue weighted by Gasteiger charge is -2.34. The smallest absolute Gasteiger partial charge is 0.115 e. The number of nitrogens with one attached hydrogen (secondary N) is 3. The van der Waals surface area contributed by atoms with E-state index in [1.165, 1.54) is 23.0 Å². The summed E-state index contributed by atoms with van der Waals surface area (Å²) in [6, 6.07) is 8.76. The summed E-state index contributed by atoms with van der Waals surface area (Å²) in [5.41, 5.74) is 3.97. The first kappa shape index (κ1) is 19.5. The van der Waals surface area contributed by atoms with Gasteiger partial charge in [0.15, 0.2) is 0 Å². The van der Waals surface area contributed by atoms with Gasteiger partial charge < -0.3 is 20.4 Å². The van der Waals surface area contributed by atoms with Gasteiger partial charge in [0.05, 0.1) is 10.6 Å². The Hall–Kier alpha value is -2.25. The van der Waals surface area contributed by atoms with Gasteiger partial charge in [-0.15, -0.1) is 0 Å². The van der Waals surface area contributed by atoms with Gasteiger partial charge in [0.1, 0.15) is 10.9 Å². The average molecular weight is 385 g/mol. The Labute approximate surface area is 165 Å². The number of piperazine rings is 1. The van der Waals surface area contributed by atoms with E-state index < -0.39 is 0 Å². The van der Waals surface area contributed by atoms with Crippen LogP contribution in [0.1, 0.15) is 5.56 Å². The van der Waals surface area contributed by atoms with Crippen molar-refractivity contribution in [3.8, 4) is 0 Å². The molecule has 144 valence electrons. The zero-order chi connectivity index (χ0) is 19.4. The highest BCUT2D eigenvalue weighted by Crippen LogP contribution is 2.34. The molecule has 2 heterocycles. The van der Waals surface area contributed by atoms with Crippen LogP contribution in [0.4, 0.5) is 5.69 Å². The molecule has 0 amide bonds. The number of likely N-dealkylation sites (N-methyl/N-ethyl adjacent to an activating group) is 1. The maximum atomic E-state index is 8.00. The summed E-state index contributed by atoms with van der Waals surface area (Å²) in [5, 5.41) is 15.1. The van der Waals surface area contributed by atoms with Crippen molar-refractivity contribution in [3.63, 3.8) is 0 Å². The van der Waals surface area contributed by atoms with Gasteiger partial charge >= 0.3 is 0 Å². The number of benzene rings is 1. The van der Waals surface area contributed by atoms with Gasteiger partial charge in [-0.05, 0) is 24.7 Å². The molecule has 1 aromatic rings. The number of rotatable bonds is 5. The molecule has 3 rings (SSSR count). The first-order chi connectivity index (χ1) is 13.0. The largest absolute Gasteiger partial charge is 0.374 e. The number of allylic oxidation sites excluding steroid dienone is 1. The molecule has 3 N–H and O–H groups in total. The molecule has 2 saturated heterocycles. The highest BCUT2D eigenvalue weighted by Gasteiger charge is 2.28. The maximum Gasteiger partial charge on any atom is 0.115 e. The second kappa shape index (κ2) is 8.63. The summed E-state index contributed by atoms with van der Waals surface area (Å²) in [4.78, 5) is 10.0. The minimum atomic E-state index is 0.455. The minimum Gasteiger partial charge on any atom is -0.374 e. The minimum absolute atomic E-state index is 0.455. The Morgan fingerprint density at radius 1 is 1.22 bits per heavy atom. The van der Waals surface area contributed by atoms with Crippen LogP contribution in [0, 0.1) is 5.41 Å². The number of hydrogen-bond donors (Lipinski definition) is 3. The lowest BCUT2D eigenvalue weighted by atomic mass is 10.1. The fraction of sp³-hybridized carbons (Fsp3) is 0.400. The summed E-state index contributed by atoms with van der Waals surface area (Å²) in [7, 11) is 5.79. The second-order valence-electron chi connectivity index (χ2n) is 6.75. The number of thioether (sulfide) groups is 1. The van der Waals surface area contributed by atoms with Crippen LogP contribution in [0.3, 0.4) is 0 Å². The normalized spacial score (nSPS) is 21.7. The average Bonchev–Trinajstić information content (AvgIpc) is 2.97. The van der Waals surface area contributed by atoms with E-state index in [4.69, 9.17) is 5.41 Å². The van der Waals surface area contributed by atoms with Gasteiger partial charge in [-0.3, -0.25) is 10.4 Å². The lowest BCUT2D eigenvalue weighted by Crippen LogP contribution is -2.44. The first-order valence-electron chi connectivity index (χ1n) is 9.15. The van der Waals surface area contributed by atoms with Crippen LogP contribution in [0.5, 0.6) is 0 Å². The van der Waals surface area contributed by atoms with Crippen molar-refractivity contribution in [2.45, 2.75) is 6.54 Å². The molecule has 1 aromatic carbocycles. The van der Waals surface area contributed by atoms with Gasteiger partial charge in [0.25, 0.3) is 0 Å². The number of hydrogen-bond acceptors (Lipinski definition) is 7. The highest BCUT2D eigenvalue weighted by atomic mass is 32.2. The summed E-state index contributed by atoms with van der Waals surface area (Å²) in [5.74, 6) is 0.882. The fourth-order valence-corrected chi connectivity index (χ4v) is 4.24. The quantitative estimate of drug-likeness (QED) is 0.727. The van der Waals surface area contributed by atoms with Crippen LogP contribution in [-0.2, 0) is 6.54 Å². The van der Waals surface area contributed by atoms with Crippen LogP contribution in [0.25, 0.3) is 0 Å². The van der Waals surface area contributed by atoms with E-state index in [-0.39, 0.29) is 0 Å². The van der Waals surface area contributed by atoms with E-state index >= 15 is 0 Å². The molecule has 2 aliphatic rings. The van der Waals surface area contributed by atoms with E-state index in [9.17, 15) is 0 Å². The van der Waals surface area contributed by atoms with Gasteiger partial charge in [-0.25, -0.2) is 0 Å². The molecular weight excluding hydrogens is 356 g/mol. The molecule has 2 fully saturated rings. The van der Waals surface area contributed by atoms with E-state index in [0.29, 0.717) is 17.2 Å². The molecule has 0 aliphatic carbocycles. The maximum absolute atomic E-state index is 8.00. The molecule has 0 unspecified atom stereocenters. The van der Waals surface area contributed by atoms with E-state index in [0.717, 1.165) is 42.6 Å². The van der Waals surface area contributed by atoms with Gasteiger partial charge in [-0.2, -0.15) is 0 Å². The SMILES string of the molecule is C=C1C(=N)SC(=C(/NC)NCc2ccc(N3CCN(C)CC3)cc2)/C1=N\C. The fourth-order valence-electron chi connectivity index (χ4n) is 3.22. The molecular formula is C20H28N6S. The molecule has 0 bridgehead atoms. The molecule has 2 aliphatic heterocycles. The lowest BCUT2D eigenvalue weighted by molar-refractivity contribution is 0.313. The standard InChI is InChI=1S/C20H28N6S/c1-14-17(22-2)18(27-19(14)21)20(23-3)24-13-15-5-7-16(8-6-15)26-11-9-25(4)10-12-26/h5-8,21,23-24H,1,9-13H2,2-4H3/b20-18-,21-19?,22-17-. The third-order valence-electron chi connectivity index (χ3n) is 4.95. The molecule has 6 nitrogen and oxygen atoms in total. The molecule has 0 radical (unpaired) electrons. The molecule has 7 heteroatoms. The van der Waals surface area contributed by atoms with Crippen molar-refractivity contribution in [2.75, 3.05) is 52.2 Å². The molecule has 27 heavy (non-hydrogen) atoms. The van der Waals surface area contributed by atoms with Crippen molar-refractivity contribution in [1.82, 2.24) is 15.5 Å². The van der Waals surface area contributed by atoms with E-state index in [1.807, 2.05) is 7.05 Å². The predicted octanol–water partition coefficient (Wildman–Crippen LogP) is 2.27. The summed E-state index contributed by atoms with van der Waals surface area (Å²) < 4.78 is 0. The second-order valence-corrected chi connectivity index (χ2v) is 7.77. The zero-order valence-corrected chi connectivity index (χ0v) is 17.1. The van der Waals surface area contributed by atoms with E-state index in [1.54, 1.807) is 7.05 Å². The van der Waals surface area contributed by atoms with Crippen molar-refractivity contribution in [1.29, 1.82) is 5.41 Å². The van der Waals surface area contributed by atoms with Gasteiger partial charge in [-0.1, -0.05) is 30.5 Å². The summed E-state index contributed by atoms with van der Waals surface area (Å²) in [6.45, 7) is 9.05. The van der Waals surface area contributed by atoms with Crippen LogP contribution < -0.4 is 15.5 Å². The highest BCUT2D eigenvalue weighted by molar-refractivity contribution is 8.19. The third kappa shape index (κ3) is 4.36. The van der Waals surface area contributed by atoms with Crippen LogP contribution in [-0.4, -0.2) is 63.0 Å². The van der Waals surface area contributed by atoms with Crippen LogP contribution in [0.2, 0.25) is 0 Å². The number of anilines is 1. The Balaban J connectivity index is 1.66. The number of nitrogens with zero attached hydrogens (tertiary/aromatic N) is 3. The molecule has 0 spiro atoms. The Kier molecular flexibility index (Phi) is 6.23. The Morgan fingerprint density at radius 2 is 1.89 bits per heavy atom. The third-order valence-corrected chi connectivity index (χ3v) is 6.01. The van der Waals surface area contributed by atoms with Crippen molar-refractivity contribution in [3.05, 3.63) is 52.7 Å². The van der Waals surface area contributed by atoms with Crippen LogP contribution >= 0.6 is 11.8 Å². The van der Waals surface area contributed by atoms with Crippen molar-refractivity contribution >= 4 is 28.2 Å².